The molecule has 0 bridgehead atoms. The van der Waals surface area contributed by atoms with Crippen molar-refractivity contribution >= 4 is 17.7 Å². The van der Waals surface area contributed by atoms with Crippen molar-refractivity contribution in [2.75, 3.05) is 0 Å². The lowest BCUT2D eigenvalue weighted by atomic mass is 10.1. The first-order valence-electron chi connectivity index (χ1n) is 3.67. The van der Waals surface area contributed by atoms with Crippen LogP contribution in [0.25, 0.3) is 6.08 Å². The highest BCUT2D eigenvalue weighted by atomic mass is 35.5. The van der Waals surface area contributed by atoms with E-state index in [2.05, 4.69) is 0 Å². The van der Waals surface area contributed by atoms with Gasteiger partial charge in [0.1, 0.15) is 0 Å². The second-order valence-electron chi connectivity index (χ2n) is 2.61. The molecule has 1 aromatic carbocycles. The number of benzene rings is 1. The molecule has 3 nitrogen and oxygen atoms in total. The van der Waals surface area contributed by atoms with E-state index in [1.165, 1.54) is 6.08 Å². The van der Waals surface area contributed by atoms with Crippen LogP contribution < -0.4 is 0 Å². The molecule has 0 unspecified atom stereocenters. The highest BCUT2D eigenvalue weighted by Crippen LogP contribution is 2.16. The van der Waals surface area contributed by atoms with E-state index in [1.807, 2.05) is 6.92 Å². The molecule has 0 fully saturated rings. The number of nitro groups is 1. The number of hydrogen-bond acceptors (Lipinski definition) is 2. The SMILES string of the molecule is Cc1cc(/C=C/[N+](=O)[O-])ccc1Cl. The summed E-state index contributed by atoms with van der Waals surface area (Å²) in [6.07, 6.45) is 2.34. The Balaban J connectivity index is 2.92. The maximum Gasteiger partial charge on any atom is 0.235 e. The van der Waals surface area contributed by atoms with Crippen LogP contribution >= 0.6 is 11.6 Å². The molecule has 1 aromatic rings. The van der Waals surface area contributed by atoms with Crippen molar-refractivity contribution in [3.63, 3.8) is 0 Å². The average Bonchev–Trinajstić information content (AvgIpc) is 2.07. The van der Waals surface area contributed by atoms with Crippen molar-refractivity contribution in [2.45, 2.75) is 6.92 Å². The summed E-state index contributed by atoms with van der Waals surface area (Å²) in [6.45, 7) is 1.85. The topological polar surface area (TPSA) is 43.1 Å². The van der Waals surface area contributed by atoms with Gasteiger partial charge in [-0.15, -0.1) is 0 Å². The standard InChI is InChI=1S/C9H8ClNO2/c1-7-6-8(2-3-9(7)10)4-5-11(12)13/h2-6H,1H3/b5-4+. The lowest BCUT2D eigenvalue weighted by molar-refractivity contribution is -0.400. The second-order valence-corrected chi connectivity index (χ2v) is 3.02. The van der Waals surface area contributed by atoms with Gasteiger partial charge < -0.3 is 0 Å². The molecular weight excluding hydrogens is 190 g/mol. The van der Waals surface area contributed by atoms with E-state index in [0.717, 1.165) is 17.3 Å². The van der Waals surface area contributed by atoms with Gasteiger partial charge in [0.15, 0.2) is 0 Å². The predicted octanol–water partition coefficient (Wildman–Crippen LogP) is 2.90. The number of halogens is 1. The summed E-state index contributed by atoms with van der Waals surface area (Å²) < 4.78 is 0. The minimum atomic E-state index is -0.496. The van der Waals surface area contributed by atoms with Crippen LogP contribution in [0.4, 0.5) is 0 Å². The Kier molecular flexibility index (Phi) is 3.03. The molecular formula is C9H8ClNO2. The molecule has 68 valence electrons. The first-order chi connectivity index (χ1) is 6.09. The monoisotopic (exact) mass is 197 g/mol. The summed E-state index contributed by atoms with van der Waals surface area (Å²) in [5.41, 5.74) is 1.69. The Hall–Kier alpha value is -1.35. The van der Waals surface area contributed by atoms with E-state index >= 15 is 0 Å². The Labute approximate surface area is 80.8 Å². The molecule has 0 atom stereocenters. The highest BCUT2D eigenvalue weighted by Gasteiger charge is 1.95. The fourth-order valence-electron chi connectivity index (χ4n) is 0.918. The summed E-state index contributed by atoms with van der Waals surface area (Å²) in [6, 6.07) is 5.24. The first kappa shape index (κ1) is 9.74. The van der Waals surface area contributed by atoms with Crippen LogP contribution in [0.15, 0.2) is 24.4 Å². The Bertz CT molecular complexity index is 361. The molecule has 0 N–H and O–H groups in total. The normalized spacial score (nSPS) is 10.6. The molecule has 0 radical (unpaired) electrons. The fraction of sp³-hybridized carbons (Fsp3) is 0.111. The molecule has 0 aliphatic heterocycles. The van der Waals surface area contributed by atoms with Crippen molar-refractivity contribution in [1.82, 2.24) is 0 Å². The molecule has 0 aliphatic rings. The molecule has 0 spiro atoms. The maximum atomic E-state index is 10.0. The van der Waals surface area contributed by atoms with Crippen molar-refractivity contribution in [3.05, 3.63) is 50.7 Å². The van der Waals surface area contributed by atoms with Crippen molar-refractivity contribution < 1.29 is 4.92 Å². The van der Waals surface area contributed by atoms with E-state index in [4.69, 9.17) is 11.6 Å². The summed E-state index contributed by atoms with van der Waals surface area (Å²) in [7, 11) is 0. The van der Waals surface area contributed by atoms with Gasteiger partial charge in [0, 0.05) is 11.1 Å². The molecule has 0 saturated heterocycles. The quantitative estimate of drug-likeness (QED) is 0.541. The van der Waals surface area contributed by atoms with E-state index in [9.17, 15) is 10.1 Å². The number of nitrogens with zero attached hydrogens (tertiary/aromatic N) is 1. The van der Waals surface area contributed by atoms with Gasteiger partial charge in [-0.3, -0.25) is 10.1 Å². The molecule has 0 saturated carbocycles. The summed E-state index contributed by atoms with van der Waals surface area (Å²) in [4.78, 5) is 9.52. The highest BCUT2D eigenvalue weighted by molar-refractivity contribution is 6.31. The number of aryl methyl sites for hydroxylation is 1. The van der Waals surface area contributed by atoms with Crippen molar-refractivity contribution in [3.8, 4) is 0 Å². The van der Waals surface area contributed by atoms with E-state index in [1.54, 1.807) is 18.2 Å². The average molecular weight is 198 g/mol. The second kappa shape index (κ2) is 4.05. The van der Waals surface area contributed by atoms with Crippen LogP contribution in [0.2, 0.25) is 5.02 Å². The van der Waals surface area contributed by atoms with Crippen molar-refractivity contribution in [1.29, 1.82) is 0 Å². The molecule has 0 aromatic heterocycles. The van der Waals surface area contributed by atoms with E-state index < -0.39 is 4.92 Å². The minimum Gasteiger partial charge on any atom is -0.259 e. The Morgan fingerprint density at radius 1 is 1.54 bits per heavy atom. The van der Waals surface area contributed by atoms with Crippen molar-refractivity contribution in [2.24, 2.45) is 0 Å². The Morgan fingerprint density at radius 3 is 2.77 bits per heavy atom. The number of hydrogen-bond donors (Lipinski definition) is 0. The van der Waals surface area contributed by atoms with Gasteiger partial charge in [-0.1, -0.05) is 23.7 Å². The van der Waals surface area contributed by atoms with Crippen LogP contribution in [0, 0.1) is 17.0 Å². The lowest BCUT2D eigenvalue weighted by Gasteiger charge is -1.97. The lowest BCUT2D eigenvalue weighted by Crippen LogP contribution is -1.83. The maximum absolute atomic E-state index is 10.0. The molecule has 4 heteroatoms. The molecule has 0 heterocycles. The smallest absolute Gasteiger partial charge is 0.235 e. The van der Waals surface area contributed by atoms with Gasteiger partial charge in [-0.2, -0.15) is 0 Å². The zero-order valence-electron chi connectivity index (χ0n) is 7.03. The van der Waals surface area contributed by atoms with Gasteiger partial charge in [0.05, 0.1) is 4.92 Å². The van der Waals surface area contributed by atoms with Crippen LogP contribution in [0.3, 0.4) is 0 Å². The first-order valence-corrected chi connectivity index (χ1v) is 4.05. The minimum absolute atomic E-state index is 0.496. The predicted molar refractivity (Wildman–Crippen MR) is 52.2 cm³/mol. The molecule has 13 heavy (non-hydrogen) atoms. The third-order valence-corrected chi connectivity index (χ3v) is 1.99. The molecule has 0 amide bonds. The van der Waals surface area contributed by atoms with E-state index in [-0.39, 0.29) is 0 Å². The van der Waals surface area contributed by atoms with Crippen LogP contribution in [-0.4, -0.2) is 4.92 Å². The Morgan fingerprint density at radius 2 is 2.23 bits per heavy atom. The van der Waals surface area contributed by atoms with Gasteiger partial charge in [-0.05, 0) is 24.1 Å². The van der Waals surface area contributed by atoms with Crippen LogP contribution in [0.5, 0.6) is 0 Å². The van der Waals surface area contributed by atoms with Gasteiger partial charge >= 0.3 is 0 Å². The molecule has 1 rings (SSSR count). The zero-order chi connectivity index (χ0) is 9.84. The third kappa shape index (κ3) is 2.87. The van der Waals surface area contributed by atoms with Gasteiger partial charge in [-0.25, -0.2) is 0 Å². The van der Waals surface area contributed by atoms with Crippen LogP contribution in [0.1, 0.15) is 11.1 Å². The van der Waals surface area contributed by atoms with E-state index in [0.29, 0.717) is 5.02 Å². The summed E-state index contributed by atoms with van der Waals surface area (Å²) in [5, 5.41) is 10.7. The van der Waals surface area contributed by atoms with Crippen LogP contribution in [-0.2, 0) is 0 Å². The largest absolute Gasteiger partial charge is 0.259 e. The van der Waals surface area contributed by atoms with Gasteiger partial charge in [0.2, 0.25) is 6.20 Å². The third-order valence-electron chi connectivity index (χ3n) is 1.57. The molecule has 0 aliphatic carbocycles. The van der Waals surface area contributed by atoms with Gasteiger partial charge in [0.25, 0.3) is 0 Å². The summed E-state index contributed by atoms with van der Waals surface area (Å²) >= 11 is 5.79. The summed E-state index contributed by atoms with van der Waals surface area (Å²) in [5.74, 6) is 0. The fourth-order valence-corrected chi connectivity index (χ4v) is 1.04. The number of rotatable bonds is 2. The zero-order valence-corrected chi connectivity index (χ0v) is 7.78.